The van der Waals surface area contributed by atoms with E-state index >= 15 is 0 Å². The van der Waals surface area contributed by atoms with E-state index < -0.39 is 0 Å². The Morgan fingerprint density at radius 2 is 1.93 bits per heavy atom. The van der Waals surface area contributed by atoms with Gasteiger partial charge in [0.25, 0.3) is 0 Å². The van der Waals surface area contributed by atoms with E-state index in [4.69, 9.17) is 5.11 Å². The third kappa shape index (κ3) is 4.09. The van der Waals surface area contributed by atoms with Gasteiger partial charge < -0.3 is 10.0 Å². The molecular formula is C11H21NO2. The van der Waals surface area contributed by atoms with Crippen LogP contribution in [0.4, 0.5) is 0 Å². The molecule has 0 saturated carbocycles. The molecule has 1 heterocycles. The molecule has 1 fully saturated rings. The number of unbranched alkanes of at least 4 members (excludes halogenated alkanes) is 1. The number of rotatable bonds is 4. The molecule has 0 radical (unpaired) electrons. The molecule has 0 aliphatic carbocycles. The van der Waals surface area contributed by atoms with Gasteiger partial charge in [0, 0.05) is 26.1 Å². The number of carbonyl (C=O) groups excluding carboxylic acids is 1. The zero-order chi connectivity index (χ0) is 10.2. The summed E-state index contributed by atoms with van der Waals surface area (Å²) in [6, 6.07) is 0. The molecule has 82 valence electrons. The molecule has 0 atom stereocenters. The van der Waals surface area contributed by atoms with Gasteiger partial charge in [0.15, 0.2) is 0 Å². The maximum atomic E-state index is 11.6. The summed E-state index contributed by atoms with van der Waals surface area (Å²) in [7, 11) is 0. The van der Waals surface area contributed by atoms with Crippen LogP contribution in [0.3, 0.4) is 0 Å². The topological polar surface area (TPSA) is 40.5 Å². The Balaban J connectivity index is 2.26. The number of aliphatic hydroxyl groups excluding tert-OH is 1. The van der Waals surface area contributed by atoms with Crippen LogP contribution in [0.5, 0.6) is 0 Å². The average Bonchev–Trinajstić information content (AvgIpc) is 2.17. The van der Waals surface area contributed by atoms with Crippen LogP contribution in [0, 0.1) is 0 Å². The molecule has 1 aliphatic rings. The van der Waals surface area contributed by atoms with E-state index in [0.717, 1.165) is 45.2 Å². The summed E-state index contributed by atoms with van der Waals surface area (Å²) in [5.74, 6) is 0.308. The zero-order valence-electron chi connectivity index (χ0n) is 8.87. The van der Waals surface area contributed by atoms with Crippen molar-refractivity contribution >= 4 is 5.91 Å². The maximum Gasteiger partial charge on any atom is 0.222 e. The van der Waals surface area contributed by atoms with Gasteiger partial charge in [0.05, 0.1) is 0 Å². The van der Waals surface area contributed by atoms with Gasteiger partial charge >= 0.3 is 0 Å². The van der Waals surface area contributed by atoms with Gasteiger partial charge in [-0.3, -0.25) is 4.79 Å². The SMILES string of the molecule is O=C1CCCCCCN1CCCCO. The summed E-state index contributed by atoms with van der Waals surface area (Å²) in [6.07, 6.45) is 7.12. The highest BCUT2D eigenvalue weighted by Gasteiger charge is 2.14. The molecule has 1 rings (SSSR count). The van der Waals surface area contributed by atoms with E-state index in [2.05, 4.69) is 0 Å². The monoisotopic (exact) mass is 199 g/mol. The van der Waals surface area contributed by atoms with E-state index in [1.54, 1.807) is 0 Å². The Kier molecular flexibility index (Phi) is 5.60. The Morgan fingerprint density at radius 1 is 1.14 bits per heavy atom. The number of hydrogen-bond acceptors (Lipinski definition) is 2. The molecule has 3 heteroatoms. The van der Waals surface area contributed by atoms with Gasteiger partial charge in [0.2, 0.25) is 5.91 Å². The van der Waals surface area contributed by atoms with Gasteiger partial charge in [-0.25, -0.2) is 0 Å². The van der Waals surface area contributed by atoms with Gasteiger partial charge in [-0.1, -0.05) is 12.8 Å². The summed E-state index contributed by atoms with van der Waals surface area (Å²) in [5.41, 5.74) is 0. The first-order chi connectivity index (χ1) is 6.84. The summed E-state index contributed by atoms with van der Waals surface area (Å²) < 4.78 is 0. The molecule has 0 bridgehead atoms. The summed E-state index contributed by atoms with van der Waals surface area (Å²) in [4.78, 5) is 13.6. The Morgan fingerprint density at radius 3 is 2.71 bits per heavy atom. The fraction of sp³-hybridized carbons (Fsp3) is 0.909. The van der Waals surface area contributed by atoms with E-state index in [-0.39, 0.29) is 6.61 Å². The molecule has 1 amide bonds. The predicted molar refractivity (Wildman–Crippen MR) is 56.0 cm³/mol. The van der Waals surface area contributed by atoms with Crippen LogP contribution in [-0.2, 0) is 4.79 Å². The van der Waals surface area contributed by atoms with Crippen LogP contribution in [-0.4, -0.2) is 35.6 Å². The molecule has 0 aromatic heterocycles. The van der Waals surface area contributed by atoms with Crippen molar-refractivity contribution in [3.05, 3.63) is 0 Å². The van der Waals surface area contributed by atoms with Crippen LogP contribution < -0.4 is 0 Å². The van der Waals surface area contributed by atoms with Crippen molar-refractivity contribution in [2.45, 2.75) is 44.9 Å². The highest BCUT2D eigenvalue weighted by molar-refractivity contribution is 5.76. The Labute approximate surface area is 86.1 Å². The van der Waals surface area contributed by atoms with Crippen molar-refractivity contribution in [1.29, 1.82) is 0 Å². The molecule has 0 spiro atoms. The Bertz CT molecular complexity index is 171. The maximum absolute atomic E-state index is 11.6. The lowest BCUT2D eigenvalue weighted by Gasteiger charge is -2.24. The van der Waals surface area contributed by atoms with E-state index in [1.165, 1.54) is 12.8 Å². The third-order valence-corrected chi connectivity index (χ3v) is 2.76. The number of aliphatic hydroxyl groups is 1. The van der Waals surface area contributed by atoms with E-state index in [9.17, 15) is 4.79 Å². The molecule has 1 aliphatic heterocycles. The molecule has 3 nitrogen and oxygen atoms in total. The van der Waals surface area contributed by atoms with Crippen molar-refractivity contribution < 1.29 is 9.90 Å². The van der Waals surface area contributed by atoms with Crippen molar-refractivity contribution in [1.82, 2.24) is 4.90 Å². The highest BCUT2D eigenvalue weighted by atomic mass is 16.2. The molecule has 1 N–H and O–H groups in total. The van der Waals surface area contributed by atoms with Gasteiger partial charge in [-0.15, -0.1) is 0 Å². The number of amides is 1. The van der Waals surface area contributed by atoms with Gasteiger partial charge in [0.1, 0.15) is 0 Å². The average molecular weight is 199 g/mol. The number of carbonyl (C=O) groups is 1. The minimum absolute atomic E-state index is 0.238. The van der Waals surface area contributed by atoms with Crippen molar-refractivity contribution in [2.24, 2.45) is 0 Å². The second-order valence-electron chi connectivity index (χ2n) is 3.98. The van der Waals surface area contributed by atoms with Crippen molar-refractivity contribution in [3.63, 3.8) is 0 Å². The van der Waals surface area contributed by atoms with Crippen LogP contribution in [0.1, 0.15) is 44.9 Å². The van der Waals surface area contributed by atoms with Crippen LogP contribution in [0.15, 0.2) is 0 Å². The van der Waals surface area contributed by atoms with Crippen LogP contribution in [0.25, 0.3) is 0 Å². The molecule has 0 aromatic carbocycles. The van der Waals surface area contributed by atoms with Crippen LogP contribution >= 0.6 is 0 Å². The second-order valence-corrected chi connectivity index (χ2v) is 3.98. The molecule has 0 unspecified atom stereocenters. The smallest absolute Gasteiger partial charge is 0.222 e. The van der Waals surface area contributed by atoms with Crippen LogP contribution in [0.2, 0.25) is 0 Å². The predicted octanol–water partition coefficient (Wildman–Crippen LogP) is 1.55. The van der Waals surface area contributed by atoms with Crippen molar-refractivity contribution in [3.8, 4) is 0 Å². The van der Waals surface area contributed by atoms with E-state index in [0.29, 0.717) is 5.91 Å². The minimum atomic E-state index is 0.238. The first kappa shape index (κ1) is 11.5. The molecule has 0 aromatic rings. The molecule has 14 heavy (non-hydrogen) atoms. The fourth-order valence-corrected chi connectivity index (χ4v) is 1.87. The quantitative estimate of drug-likeness (QED) is 0.698. The van der Waals surface area contributed by atoms with Gasteiger partial charge in [-0.05, 0) is 25.7 Å². The summed E-state index contributed by atoms with van der Waals surface area (Å²) in [5, 5.41) is 8.66. The number of nitrogens with zero attached hydrogens (tertiary/aromatic N) is 1. The normalized spacial score (nSPS) is 19.2. The lowest BCUT2D eigenvalue weighted by Crippen LogP contribution is -2.33. The summed E-state index contributed by atoms with van der Waals surface area (Å²) >= 11 is 0. The van der Waals surface area contributed by atoms with E-state index in [1.807, 2.05) is 4.90 Å². The first-order valence-electron chi connectivity index (χ1n) is 5.73. The lowest BCUT2D eigenvalue weighted by atomic mass is 10.1. The molecule has 1 saturated heterocycles. The number of hydrogen-bond donors (Lipinski definition) is 1. The largest absolute Gasteiger partial charge is 0.396 e. The van der Waals surface area contributed by atoms with Gasteiger partial charge in [-0.2, -0.15) is 0 Å². The minimum Gasteiger partial charge on any atom is -0.396 e. The lowest BCUT2D eigenvalue weighted by molar-refractivity contribution is -0.131. The second kappa shape index (κ2) is 6.82. The zero-order valence-corrected chi connectivity index (χ0v) is 8.87. The summed E-state index contributed by atoms with van der Waals surface area (Å²) in [6.45, 7) is 1.99. The third-order valence-electron chi connectivity index (χ3n) is 2.76. The highest BCUT2D eigenvalue weighted by Crippen LogP contribution is 2.12. The number of likely N-dealkylation sites (tertiary alicyclic amines) is 1. The Hall–Kier alpha value is -0.570. The standard InChI is InChI=1S/C11H21NO2/c13-10-6-5-9-12-8-4-2-1-3-7-11(12)14/h13H,1-10H2. The molecular weight excluding hydrogens is 178 g/mol. The first-order valence-corrected chi connectivity index (χ1v) is 5.73. The van der Waals surface area contributed by atoms with Crippen molar-refractivity contribution in [2.75, 3.05) is 19.7 Å². The fourth-order valence-electron chi connectivity index (χ4n) is 1.87.